The second kappa shape index (κ2) is 5.23. The molecule has 0 radical (unpaired) electrons. The number of hydrogen-bond donors (Lipinski definition) is 1. The number of nitrogens with two attached hydrogens (primary N) is 1. The van der Waals surface area contributed by atoms with Crippen LogP contribution in [0.2, 0.25) is 5.02 Å². The van der Waals surface area contributed by atoms with Crippen molar-refractivity contribution in [2.45, 2.75) is 19.8 Å². The van der Waals surface area contributed by atoms with Crippen LogP contribution in [0.15, 0.2) is 18.2 Å². The Hall–Kier alpha value is -0.800. The maximum atomic E-state index is 6.18. The number of anilines is 1. The summed E-state index contributed by atoms with van der Waals surface area (Å²) in [7, 11) is 0. The zero-order valence-electron chi connectivity index (χ0n) is 9.95. The Morgan fingerprint density at radius 1 is 1.53 bits per heavy atom. The van der Waals surface area contributed by atoms with Crippen LogP contribution in [-0.4, -0.2) is 18.1 Å². The van der Waals surface area contributed by atoms with E-state index < -0.39 is 0 Å². The number of hydrogen-bond acceptors (Lipinski definition) is 2. The van der Waals surface area contributed by atoms with E-state index >= 15 is 0 Å². The molecule has 2 N–H and O–H groups in total. The Labute approximate surface area is 113 Å². The van der Waals surface area contributed by atoms with Crippen molar-refractivity contribution in [2.24, 2.45) is 11.7 Å². The van der Waals surface area contributed by atoms with Crippen LogP contribution in [0.4, 0.5) is 5.69 Å². The predicted octanol–water partition coefficient (Wildman–Crippen LogP) is 3.21. The number of benzene rings is 1. The average molecular weight is 269 g/mol. The minimum atomic E-state index is 0.375. The molecule has 0 spiro atoms. The van der Waals surface area contributed by atoms with Crippen molar-refractivity contribution >= 4 is 34.5 Å². The molecule has 92 valence electrons. The predicted molar refractivity (Wildman–Crippen MR) is 78.0 cm³/mol. The lowest BCUT2D eigenvalue weighted by Crippen LogP contribution is -2.28. The summed E-state index contributed by atoms with van der Waals surface area (Å²) in [6, 6.07) is 5.84. The molecule has 4 heteroatoms. The molecule has 1 saturated carbocycles. The van der Waals surface area contributed by atoms with Gasteiger partial charge in [0, 0.05) is 18.8 Å². The average Bonchev–Trinajstić information content (AvgIpc) is 3.08. The number of nitrogens with zero attached hydrogens (tertiary/aromatic N) is 1. The van der Waals surface area contributed by atoms with Gasteiger partial charge in [-0.2, -0.15) is 0 Å². The highest BCUT2D eigenvalue weighted by Gasteiger charge is 2.25. The number of halogens is 1. The third kappa shape index (κ3) is 2.90. The van der Waals surface area contributed by atoms with Crippen molar-refractivity contribution in [1.82, 2.24) is 0 Å². The first kappa shape index (κ1) is 12.7. The first-order valence-corrected chi connectivity index (χ1v) is 6.75. The minimum Gasteiger partial charge on any atom is -0.389 e. The van der Waals surface area contributed by atoms with Crippen LogP contribution in [-0.2, 0) is 0 Å². The fraction of sp³-hybridized carbons (Fsp3) is 0.462. The lowest BCUT2D eigenvalue weighted by Gasteiger charge is -2.26. The highest BCUT2D eigenvalue weighted by atomic mass is 35.5. The van der Waals surface area contributed by atoms with E-state index in [2.05, 4.69) is 11.8 Å². The summed E-state index contributed by atoms with van der Waals surface area (Å²) in [5, 5.41) is 0.643. The van der Waals surface area contributed by atoms with Gasteiger partial charge in [0.05, 0.1) is 10.6 Å². The van der Waals surface area contributed by atoms with Crippen molar-refractivity contribution in [3.63, 3.8) is 0 Å². The summed E-state index contributed by atoms with van der Waals surface area (Å²) in [5.74, 6) is 0.827. The first-order valence-electron chi connectivity index (χ1n) is 5.96. The van der Waals surface area contributed by atoms with Gasteiger partial charge in [-0.1, -0.05) is 29.9 Å². The molecule has 0 saturated heterocycles. The number of rotatable bonds is 5. The highest BCUT2D eigenvalue weighted by molar-refractivity contribution is 7.80. The second-order valence-corrected chi connectivity index (χ2v) is 5.33. The summed E-state index contributed by atoms with van der Waals surface area (Å²) in [5.41, 5.74) is 7.66. The van der Waals surface area contributed by atoms with Crippen LogP contribution in [0, 0.1) is 5.92 Å². The van der Waals surface area contributed by atoms with E-state index in [9.17, 15) is 0 Å². The zero-order chi connectivity index (χ0) is 12.4. The van der Waals surface area contributed by atoms with Crippen molar-refractivity contribution in [3.05, 3.63) is 28.8 Å². The largest absolute Gasteiger partial charge is 0.389 e. The van der Waals surface area contributed by atoms with Gasteiger partial charge >= 0.3 is 0 Å². The Morgan fingerprint density at radius 2 is 2.24 bits per heavy atom. The molecule has 0 bridgehead atoms. The van der Waals surface area contributed by atoms with Gasteiger partial charge < -0.3 is 10.6 Å². The zero-order valence-corrected chi connectivity index (χ0v) is 11.5. The van der Waals surface area contributed by atoms with Crippen LogP contribution < -0.4 is 10.6 Å². The van der Waals surface area contributed by atoms with Crippen LogP contribution in [0.1, 0.15) is 25.3 Å². The summed E-state index contributed by atoms with van der Waals surface area (Å²) >= 11 is 11.3. The fourth-order valence-corrected chi connectivity index (χ4v) is 2.57. The normalized spacial score (nSPS) is 14.7. The molecule has 2 nitrogen and oxygen atoms in total. The smallest absolute Gasteiger partial charge is 0.107 e. The Kier molecular flexibility index (Phi) is 3.89. The van der Waals surface area contributed by atoms with Gasteiger partial charge in [0.25, 0.3) is 0 Å². The summed E-state index contributed by atoms with van der Waals surface area (Å²) in [6.07, 6.45) is 2.67. The van der Waals surface area contributed by atoms with E-state index in [0.29, 0.717) is 10.0 Å². The molecule has 0 aromatic heterocycles. The van der Waals surface area contributed by atoms with Gasteiger partial charge in [-0.3, -0.25) is 0 Å². The molecule has 0 aliphatic heterocycles. The van der Waals surface area contributed by atoms with Crippen LogP contribution in [0.25, 0.3) is 0 Å². The Morgan fingerprint density at radius 3 is 2.76 bits per heavy atom. The van der Waals surface area contributed by atoms with Crippen LogP contribution in [0.3, 0.4) is 0 Å². The van der Waals surface area contributed by atoms with Crippen molar-refractivity contribution in [2.75, 3.05) is 18.0 Å². The molecule has 1 aliphatic rings. The van der Waals surface area contributed by atoms with Crippen molar-refractivity contribution in [1.29, 1.82) is 0 Å². The molecule has 0 heterocycles. The molecule has 1 aromatic carbocycles. The van der Waals surface area contributed by atoms with Crippen molar-refractivity contribution < 1.29 is 0 Å². The topological polar surface area (TPSA) is 29.3 Å². The summed E-state index contributed by atoms with van der Waals surface area (Å²) in [4.78, 5) is 2.69. The molecule has 0 atom stereocenters. The van der Waals surface area contributed by atoms with Gasteiger partial charge in [-0.05, 0) is 37.8 Å². The highest BCUT2D eigenvalue weighted by Crippen LogP contribution is 2.34. The van der Waals surface area contributed by atoms with E-state index in [1.54, 1.807) is 0 Å². The Balaban J connectivity index is 2.33. The van der Waals surface area contributed by atoms with E-state index in [-0.39, 0.29) is 0 Å². The molecule has 2 rings (SSSR count). The van der Waals surface area contributed by atoms with Gasteiger partial charge in [0.2, 0.25) is 0 Å². The van der Waals surface area contributed by atoms with Gasteiger partial charge in [-0.25, -0.2) is 0 Å². The lowest BCUT2D eigenvalue weighted by molar-refractivity contribution is 0.741. The fourth-order valence-electron chi connectivity index (χ4n) is 2.03. The molecule has 0 amide bonds. The third-order valence-electron chi connectivity index (χ3n) is 3.14. The monoisotopic (exact) mass is 268 g/mol. The summed E-state index contributed by atoms with van der Waals surface area (Å²) in [6.45, 7) is 4.17. The second-order valence-electron chi connectivity index (χ2n) is 4.48. The van der Waals surface area contributed by atoms with E-state index in [0.717, 1.165) is 30.3 Å². The SMILES string of the molecule is CCN(CC1CC1)c1cccc(Cl)c1C(N)=S. The van der Waals surface area contributed by atoms with Gasteiger partial charge in [0.15, 0.2) is 0 Å². The van der Waals surface area contributed by atoms with Crippen LogP contribution in [0.5, 0.6) is 0 Å². The molecular weight excluding hydrogens is 252 g/mol. The molecule has 1 aliphatic carbocycles. The quantitative estimate of drug-likeness (QED) is 0.832. The van der Waals surface area contributed by atoms with E-state index in [1.807, 2.05) is 18.2 Å². The van der Waals surface area contributed by atoms with E-state index in [1.165, 1.54) is 12.8 Å². The Bertz CT molecular complexity index is 429. The minimum absolute atomic E-state index is 0.375. The maximum Gasteiger partial charge on any atom is 0.107 e. The van der Waals surface area contributed by atoms with Gasteiger partial charge in [-0.15, -0.1) is 0 Å². The molecule has 1 aromatic rings. The van der Waals surface area contributed by atoms with Crippen LogP contribution >= 0.6 is 23.8 Å². The van der Waals surface area contributed by atoms with Crippen molar-refractivity contribution in [3.8, 4) is 0 Å². The van der Waals surface area contributed by atoms with E-state index in [4.69, 9.17) is 29.6 Å². The maximum absolute atomic E-state index is 6.18. The third-order valence-corrected chi connectivity index (χ3v) is 3.66. The molecular formula is C13H17ClN2S. The lowest BCUT2D eigenvalue weighted by atomic mass is 10.1. The first-order chi connectivity index (χ1) is 8.13. The molecule has 17 heavy (non-hydrogen) atoms. The molecule has 1 fully saturated rings. The standard InChI is InChI=1S/C13H17ClN2S/c1-2-16(8-9-6-7-9)11-5-3-4-10(14)12(11)13(15)17/h3-5,9H,2,6-8H2,1H3,(H2,15,17). The summed E-state index contributed by atoms with van der Waals surface area (Å²) < 4.78 is 0. The van der Waals surface area contributed by atoms with Gasteiger partial charge in [0.1, 0.15) is 4.99 Å². The number of thiocarbonyl (C=S) groups is 1. The molecule has 0 unspecified atom stereocenters.